The lowest BCUT2D eigenvalue weighted by Gasteiger charge is -2.27. The second kappa shape index (κ2) is 7.93. The van der Waals surface area contributed by atoms with Crippen LogP contribution in [0.1, 0.15) is 28.6 Å². The number of anilines is 1. The molecule has 0 bridgehead atoms. The Morgan fingerprint density at radius 3 is 2.82 bits per heavy atom. The van der Waals surface area contributed by atoms with Crippen molar-refractivity contribution < 1.29 is 9.66 Å². The molecule has 0 saturated carbocycles. The highest BCUT2D eigenvalue weighted by molar-refractivity contribution is 7.15. The van der Waals surface area contributed by atoms with Crippen LogP contribution < -0.4 is 9.64 Å². The molecule has 1 aromatic carbocycles. The molecule has 2 aromatic heterocycles. The van der Waals surface area contributed by atoms with E-state index in [1.54, 1.807) is 17.4 Å². The summed E-state index contributed by atoms with van der Waals surface area (Å²) in [5.41, 5.74) is 3.09. The molecular weight excluding hydrogens is 376 g/mol. The van der Waals surface area contributed by atoms with Gasteiger partial charge in [-0.25, -0.2) is 4.98 Å². The summed E-state index contributed by atoms with van der Waals surface area (Å²) < 4.78 is 5.48. The molecule has 1 aliphatic heterocycles. The van der Waals surface area contributed by atoms with Gasteiger partial charge >= 0.3 is 0 Å². The largest absolute Gasteiger partial charge is 0.494 e. The Hall–Kier alpha value is -3.00. The van der Waals surface area contributed by atoms with Crippen LogP contribution in [0.5, 0.6) is 5.75 Å². The molecule has 28 heavy (non-hydrogen) atoms. The first kappa shape index (κ1) is 18.4. The summed E-state index contributed by atoms with van der Waals surface area (Å²) in [4.78, 5) is 22.8. The van der Waals surface area contributed by atoms with E-state index in [0.29, 0.717) is 13.2 Å². The van der Waals surface area contributed by atoms with Crippen molar-refractivity contribution in [2.45, 2.75) is 26.3 Å². The molecule has 8 heteroatoms. The predicted octanol–water partition coefficient (Wildman–Crippen LogP) is 4.00. The first-order valence-electron chi connectivity index (χ1n) is 9.16. The Morgan fingerprint density at radius 2 is 2.07 bits per heavy atom. The van der Waals surface area contributed by atoms with Gasteiger partial charge in [-0.05, 0) is 30.2 Å². The lowest BCUT2D eigenvalue weighted by molar-refractivity contribution is -0.385. The Bertz CT molecular complexity index is 987. The first-order valence-corrected chi connectivity index (χ1v) is 9.97. The number of ether oxygens (including phenoxy) is 1. The Labute approximate surface area is 166 Å². The number of hydrogen-bond donors (Lipinski definition) is 0. The molecule has 0 unspecified atom stereocenters. The molecule has 0 amide bonds. The molecule has 1 aliphatic rings. The van der Waals surface area contributed by atoms with Crippen LogP contribution in [0.4, 0.5) is 10.8 Å². The highest BCUT2D eigenvalue weighted by Crippen LogP contribution is 2.30. The van der Waals surface area contributed by atoms with Crippen molar-refractivity contribution in [2.75, 3.05) is 18.1 Å². The lowest BCUT2D eigenvalue weighted by atomic mass is 10.1. The highest BCUT2D eigenvalue weighted by atomic mass is 32.1. The summed E-state index contributed by atoms with van der Waals surface area (Å²) >= 11 is 1.66. The molecule has 0 saturated heterocycles. The van der Waals surface area contributed by atoms with E-state index in [4.69, 9.17) is 4.74 Å². The van der Waals surface area contributed by atoms with Gasteiger partial charge in [-0.15, -0.1) is 11.3 Å². The molecule has 0 radical (unpaired) electrons. The van der Waals surface area contributed by atoms with Gasteiger partial charge in [0.1, 0.15) is 11.9 Å². The van der Waals surface area contributed by atoms with Crippen molar-refractivity contribution in [3.63, 3.8) is 0 Å². The van der Waals surface area contributed by atoms with Gasteiger partial charge < -0.3 is 9.64 Å². The van der Waals surface area contributed by atoms with E-state index in [9.17, 15) is 10.1 Å². The zero-order valence-electron chi connectivity index (χ0n) is 15.5. The zero-order valence-corrected chi connectivity index (χ0v) is 16.3. The standard InChI is InChI=1S/C20H20N4O3S/c1-2-27-17-5-3-14(4-6-17)9-18-12-22-20(28-18)23-8-7-19-15(13-23)10-16(11-21-19)24(25)26/h3-6,10-12H,2,7-9,13H2,1H3. The van der Waals surface area contributed by atoms with Gasteiger partial charge in [0.25, 0.3) is 5.69 Å². The fraction of sp³-hybridized carbons (Fsp3) is 0.300. The quantitative estimate of drug-likeness (QED) is 0.463. The van der Waals surface area contributed by atoms with Gasteiger partial charge in [-0.1, -0.05) is 12.1 Å². The third kappa shape index (κ3) is 3.96. The van der Waals surface area contributed by atoms with Gasteiger partial charge in [0.05, 0.1) is 11.5 Å². The highest BCUT2D eigenvalue weighted by Gasteiger charge is 2.22. The number of pyridine rings is 1. The average Bonchev–Trinajstić information content (AvgIpc) is 3.17. The van der Waals surface area contributed by atoms with Crippen LogP contribution in [0.25, 0.3) is 0 Å². The van der Waals surface area contributed by atoms with Crippen molar-refractivity contribution in [1.82, 2.24) is 9.97 Å². The van der Waals surface area contributed by atoms with Gasteiger partial charge in [-0.3, -0.25) is 15.1 Å². The van der Waals surface area contributed by atoms with Crippen molar-refractivity contribution in [3.8, 4) is 5.75 Å². The number of thiazole rings is 1. The van der Waals surface area contributed by atoms with Crippen LogP contribution in [0.3, 0.4) is 0 Å². The van der Waals surface area contributed by atoms with E-state index in [1.165, 1.54) is 16.6 Å². The first-order chi connectivity index (χ1) is 13.6. The molecular formula is C20H20N4O3S. The van der Waals surface area contributed by atoms with Crippen LogP contribution in [0.2, 0.25) is 0 Å². The van der Waals surface area contributed by atoms with E-state index < -0.39 is 4.92 Å². The summed E-state index contributed by atoms with van der Waals surface area (Å²) in [7, 11) is 0. The van der Waals surface area contributed by atoms with Crippen LogP contribution in [0, 0.1) is 10.1 Å². The maximum Gasteiger partial charge on any atom is 0.287 e. The summed E-state index contributed by atoms with van der Waals surface area (Å²) in [6.07, 6.45) is 4.84. The molecule has 144 valence electrons. The molecule has 7 nitrogen and oxygen atoms in total. The normalized spacial score (nSPS) is 13.2. The molecule has 0 atom stereocenters. The second-order valence-electron chi connectivity index (χ2n) is 6.59. The van der Waals surface area contributed by atoms with Gasteiger partial charge in [0.15, 0.2) is 5.13 Å². The molecule has 3 heterocycles. The topological polar surface area (TPSA) is 81.4 Å². The molecule has 4 rings (SSSR count). The predicted molar refractivity (Wildman–Crippen MR) is 108 cm³/mol. The number of benzene rings is 1. The van der Waals surface area contributed by atoms with Crippen LogP contribution in [-0.4, -0.2) is 28.0 Å². The van der Waals surface area contributed by atoms with E-state index in [-0.39, 0.29) is 5.69 Å². The fourth-order valence-corrected chi connectivity index (χ4v) is 4.24. The maximum absolute atomic E-state index is 11.0. The molecule has 0 fully saturated rings. The zero-order chi connectivity index (χ0) is 19.5. The molecule has 3 aromatic rings. The van der Waals surface area contributed by atoms with Crippen LogP contribution in [-0.2, 0) is 19.4 Å². The molecule has 0 spiro atoms. The van der Waals surface area contributed by atoms with Crippen molar-refractivity contribution in [2.24, 2.45) is 0 Å². The van der Waals surface area contributed by atoms with Crippen molar-refractivity contribution in [3.05, 3.63) is 74.5 Å². The van der Waals surface area contributed by atoms with E-state index in [2.05, 4.69) is 27.0 Å². The molecule has 0 N–H and O–H groups in total. The number of nitrogens with zero attached hydrogens (tertiary/aromatic N) is 4. The minimum absolute atomic E-state index is 0.0379. The third-order valence-electron chi connectivity index (χ3n) is 4.66. The van der Waals surface area contributed by atoms with E-state index >= 15 is 0 Å². The van der Waals surface area contributed by atoms with Crippen molar-refractivity contribution in [1.29, 1.82) is 0 Å². The van der Waals surface area contributed by atoms with Crippen molar-refractivity contribution >= 4 is 22.2 Å². The monoisotopic (exact) mass is 396 g/mol. The minimum atomic E-state index is -0.398. The van der Waals surface area contributed by atoms with Gasteiger partial charge in [-0.2, -0.15) is 0 Å². The Balaban J connectivity index is 1.46. The smallest absolute Gasteiger partial charge is 0.287 e. The number of nitro groups is 1. The van der Waals surface area contributed by atoms with Crippen LogP contribution >= 0.6 is 11.3 Å². The summed E-state index contributed by atoms with van der Waals surface area (Å²) in [6.45, 7) is 4.04. The third-order valence-corrected chi connectivity index (χ3v) is 5.72. The summed E-state index contributed by atoms with van der Waals surface area (Å²) in [6, 6.07) is 9.76. The number of aromatic nitrogens is 2. The average molecular weight is 396 g/mol. The minimum Gasteiger partial charge on any atom is -0.494 e. The number of fused-ring (bicyclic) bond motifs is 1. The van der Waals surface area contributed by atoms with Gasteiger partial charge in [0.2, 0.25) is 0 Å². The second-order valence-corrected chi connectivity index (χ2v) is 7.68. The van der Waals surface area contributed by atoms with Crippen LogP contribution in [0.15, 0.2) is 42.7 Å². The number of rotatable bonds is 6. The Kier molecular flexibility index (Phi) is 5.21. The van der Waals surface area contributed by atoms with Gasteiger partial charge in [0, 0.05) is 48.8 Å². The molecule has 0 aliphatic carbocycles. The maximum atomic E-state index is 11.0. The van der Waals surface area contributed by atoms with E-state index in [1.807, 2.05) is 25.3 Å². The summed E-state index contributed by atoms with van der Waals surface area (Å²) in [5, 5.41) is 11.9. The Morgan fingerprint density at radius 1 is 1.25 bits per heavy atom. The fourth-order valence-electron chi connectivity index (χ4n) is 3.27. The lowest BCUT2D eigenvalue weighted by Crippen LogP contribution is -2.30. The number of hydrogen-bond acceptors (Lipinski definition) is 7. The van der Waals surface area contributed by atoms with E-state index in [0.717, 1.165) is 41.5 Å². The summed E-state index contributed by atoms with van der Waals surface area (Å²) in [5.74, 6) is 0.880. The SMILES string of the molecule is CCOc1ccc(Cc2cnc(N3CCc4ncc([N+](=O)[O-])cc4C3)s2)cc1.